The number of para-hydroxylation sites is 1. The van der Waals surface area contributed by atoms with Gasteiger partial charge in [-0.2, -0.15) is 0 Å². The highest BCUT2D eigenvalue weighted by atomic mass is 32.1. The monoisotopic (exact) mass is 587 g/mol. The average Bonchev–Trinajstić information content (AvgIpc) is 3.52. The van der Waals surface area contributed by atoms with Gasteiger partial charge in [0.1, 0.15) is 11.0 Å². The highest BCUT2D eigenvalue weighted by Gasteiger charge is 2.18. The first-order valence-electron chi connectivity index (χ1n) is 15.2. The molecule has 0 amide bonds. The molecule has 0 aliphatic rings. The molecule has 0 saturated carbocycles. The molecule has 2 aromatic heterocycles. The molecule has 5 aromatic carbocycles. The number of fused-ring (bicyclic) bond motifs is 1. The summed E-state index contributed by atoms with van der Waals surface area (Å²) in [7, 11) is 0. The Morgan fingerprint density at radius 1 is 0.545 bits per heavy atom. The van der Waals surface area contributed by atoms with Crippen molar-refractivity contribution in [1.82, 2.24) is 9.97 Å². The summed E-state index contributed by atoms with van der Waals surface area (Å²) in [6.07, 6.45) is 3.54. The molecule has 0 aliphatic heterocycles. The Bertz CT molecular complexity index is 1970. The second-order valence-electron chi connectivity index (χ2n) is 10.9. The number of nitrogens with zero attached hydrogens (tertiary/aromatic N) is 3. The summed E-state index contributed by atoms with van der Waals surface area (Å²) in [5, 5.41) is 2.13. The van der Waals surface area contributed by atoms with Crippen LogP contribution in [0.1, 0.15) is 25.3 Å². The Hall–Kier alpha value is -5.06. The molecule has 0 fully saturated rings. The molecule has 0 bridgehead atoms. The van der Waals surface area contributed by atoms with Gasteiger partial charge in [0.25, 0.3) is 0 Å². The minimum absolute atomic E-state index is 0.901. The molecule has 0 spiro atoms. The van der Waals surface area contributed by atoms with Crippen molar-refractivity contribution in [3.8, 4) is 33.0 Å². The molecule has 0 saturated heterocycles. The van der Waals surface area contributed by atoms with Crippen molar-refractivity contribution in [2.45, 2.75) is 26.2 Å². The fraction of sp³-hybridized carbons (Fsp3) is 0.100. The van der Waals surface area contributed by atoms with Crippen LogP contribution in [0.15, 0.2) is 145 Å². The van der Waals surface area contributed by atoms with Crippen LogP contribution < -0.4 is 4.90 Å². The SMILES string of the molecule is CCCCc1ccc(N(c2ccccc2)c2ccc(-c3scc4nc(-c5ccccc5)c(-c5ccccc5)nc34)cc2)cc1. The first-order chi connectivity index (χ1) is 21.8. The Kier molecular flexibility index (Phi) is 7.99. The summed E-state index contributed by atoms with van der Waals surface area (Å²) >= 11 is 1.70. The van der Waals surface area contributed by atoms with Crippen LogP contribution in [-0.2, 0) is 6.42 Å². The van der Waals surface area contributed by atoms with Crippen LogP contribution in [0, 0.1) is 0 Å². The molecule has 0 aliphatic carbocycles. The predicted octanol–water partition coefficient (Wildman–Crippen LogP) is 11.5. The van der Waals surface area contributed by atoms with Crippen LogP contribution in [0.3, 0.4) is 0 Å². The van der Waals surface area contributed by atoms with E-state index in [4.69, 9.17) is 9.97 Å². The Morgan fingerprint density at radius 2 is 1.07 bits per heavy atom. The van der Waals surface area contributed by atoms with Crippen LogP contribution in [0.2, 0.25) is 0 Å². The molecule has 0 radical (unpaired) electrons. The Balaban J connectivity index is 1.28. The van der Waals surface area contributed by atoms with E-state index in [2.05, 4.69) is 145 Å². The molecule has 2 heterocycles. The zero-order valence-electron chi connectivity index (χ0n) is 24.7. The maximum Gasteiger partial charge on any atom is 0.108 e. The number of anilines is 3. The maximum absolute atomic E-state index is 5.28. The van der Waals surface area contributed by atoms with Crippen LogP contribution in [0.4, 0.5) is 17.1 Å². The quantitative estimate of drug-likeness (QED) is 0.168. The summed E-state index contributed by atoms with van der Waals surface area (Å²) in [5.41, 5.74) is 11.7. The van der Waals surface area contributed by atoms with Crippen LogP contribution in [0.25, 0.3) is 44.0 Å². The van der Waals surface area contributed by atoms with E-state index in [1.54, 1.807) is 11.3 Å². The summed E-state index contributed by atoms with van der Waals surface area (Å²) in [6, 6.07) is 49.1. The smallest absolute Gasteiger partial charge is 0.108 e. The summed E-state index contributed by atoms with van der Waals surface area (Å²) in [6.45, 7) is 2.24. The van der Waals surface area contributed by atoms with Crippen molar-refractivity contribution in [2.24, 2.45) is 0 Å². The normalized spacial score (nSPS) is 11.1. The van der Waals surface area contributed by atoms with E-state index >= 15 is 0 Å². The van der Waals surface area contributed by atoms with E-state index in [0.29, 0.717) is 0 Å². The highest BCUT2D eigenvalue weighted by molar-refractivity contribution is 7.15. The van der Waals surface area contributed by atoms with Gasteiger partial charge in [0, 0.05) is 33.6 Å². The van der Waals surface area contributed by atoms with Gasteiger partial charge in [-0.15, -0.1) is 11.3 Å². The number of aryl methyl sites for hydroxylation is 1. The van der Waals surface area contributed by atoms with Crippen LogP contribution in [-0.4, -0.2) is 9.97 Å². The lowest BCUT2D eigenvalue weighted by molar-refractivity contribution is 0.795. The fourth-order valence-corrected chi connectivity index (χ4v) is 6.57. The number of benzene rings is 5. The molecule has 0 atom stereocenters. The second kappa shape index (κ2) is 12.7. The third kappa shape index (κ3) is 5.64. The predicted molar refractivity (Wildman–Crippen MR) is 187 cm³/mol. The Labute approximate surface area is 263 Å². The van der Waals surface area contributed by atoms with Crippen molar-refractivity contribution in [3.63, 3.8) is 0 Å². The third-order valence-electron chi connectivity index (χ3n) is 7.94. The summed E-state index contributed by atoms with van der Waals surface area (Å²) in [4.78, 5) is 13.9. The molecule has 7 rings (SSSR count). The van der Waals surface area contributed by atoms with Crippen LogP contribution >= 0.6 is 11.3 Å². The van der Waals surface area contributed by atoms with Gasteiger partial charge in [0.2, 0.25) is 0 Å². The van der Waals surface area contributed by atoms with Crippen LogP contribution in [0.5, 0.6) is 0 Å². The minimum atomic E-state index is 0.901. The zero-order chi connectivity index (χ0) is 29.7. The summed E-state index contributed by atoms with van der Waals surface area (Å²) in [5.74, 6) is 0. The topological polar surface area (TPSA) is 29.0 Å². The van der Waals surface area contributed by atoms with Crippen molar-refractivity contribution in [3.05, 3.63) is 150 Å². The maximum atomic E-state index is 5.28. The molecule has 0 unspecified atom stereocenters. The van der Waals surface area contributed by atoms with E-state index in [1.165, 1.54) is 18.4 Å². The van der Waals surface area contributed by atoms with Gasteiger partial charge in [-0.1, -0.05) is 116 Å². The third-order valence-corrected chi connectivity index (χ3v) is 8.94. The van der Waals surface area contributed by atoms with E-state index in [-0.39, 0.29) is 0 Å². The van der Waals surface area contributed by atoms with Crippen molar-refractivity contribution in [1.29, 1.82) is 0 Å². The molecule has 0 N–H and O–H groups in total. The van der Waals surface area contributed by atoms with Gasteiger partial charge in [-0.25, -0.2) is 9.97 Å². The zero-order valence-corrected chi connectivity index (χ0v) is 25.5. The highest BCUT2D eigenvalue weighted by Crippen LogP contribution is 2.40. The molecular formula is C40H33N3S. The van der Waals surface area contributed by atoms with Gasteiger partial charge >= 0.3 is 0 Å². The van der Waals surface area contributed by atoms with Crippen molar-refractivity contribution >= 4 is 39.4 Å². The average molecular weight is 588 g/mol. The largest absolute Gasteiger partial charge is 0.311 e. The molecule has 214 valence electrons. The fourth-order valence-electron chi connectivity index (χ4n) is 5.65. The van der Waals surface area contributed by atoms with Gasteiger partial charge in [0.05, 0.1) is 16.3 Å². The lowest BCUT2D eigenvalue weighted by Gasteiger charge is -2.25. The molecule has 44 heavy (non-hydrogen) atoms. The molecule has 3 nitrogen and oxygen atoms in total. The number of hydrogen-bond acceptors (Lipinski definition) is 4. The minimum Gasteiger partial charge on any atom is -0.311 e. The first kappa shape index (κ1) is 27.8. The number of thiophene rings is 1. The van der Waals surface area contributed by atoms with Gasteiger partial charge in [0.15, 0.2) is 0 Å². The number of hydrogen-bond donors (Lipinski definition) is 0. The van der Waals surface area contributed by atoms with E-state index in [9.17, 15) is 0 Å². The standard InChI is InChI=1S/C40H33N3S/c1-2-3-13-29-20-24-34(25-21-29)43(33-18-11-6-12-19-33)35-26-22-32(23-27-35)40-39-36(28-44-40)41-37(30-14-7-4-8-15-30)38(42-39)31-16-9-5-10-17-31/h4-12,14-28H,2-3,13H2,1H3. The van der Waals surface area contributed by atoms with E-state index < -0.39 is 0 Å². The van der Waals surface area contributed by atoms with Crippen molar-refractivity contribution < 1.29 is 0 Å². The molecule has 7 aromatic rings. The van der Waals surface area contributed by atoms with Gasteiger partial charge < -0.3 is 4.90 Å². The van der Waals surface area contributed by atoms with E-state index in [0.717, 1.165) is 67.5 Å². The number of rotatable bonds is 9. The lowest BCUT2D eigenvalue weighted by Crippen LogP contribution is -2.09. The lowest BCUT2D eigenvalue weighted by atomic mass is 10.0. The number of aromatic nitrogens is 2. The summed E-state index contributed by atoms with van der Waals surface area (Å²) < 4.78 is 0. The first-order valence-corrected chi connectivity index (χ1v) is 16.1. The van der Waals surface area contributed by atoms with E-state index in [1.807, 2.05) is 12.1 Å². The Morgan fingerprint density at radius 3 is 1.66 bits per heavy atom. The number of unbranched alkanes of at least 4 members (excludes halogenated alkanes) is 1. The van der Waals surface area contributed by atoms with Crippen molar-refractivity contribution in [2.75, 3.05) is 4.90 Å². The second-order valence-corrected chi connectivity index (χ2v) is 11.8. The molecular weight excluding hydrogens is 555 g/mol. The van der Waals surface area contributed by atoms with Gasteiger partial charge in [-0.05, 0) is 60.4 Å². The molecule has 4 heteroatoms. The van der Waals surface area contributed by atoms with Gasteiger partial charge in [-0.3, -0.25) is 0 Å².